The molecule has 1 aliphatic carbocycles. The van der Waals surface area contributed by atoms with Crippen LogP contribution in [0, 0.1) is 0 Å². The van der Waals surface area contributed by atoms with Crippen LogP contribution in [-0.2, 0) is 0 Å². The molecule has 0 spiro atoms. The summed E-state index contributed by atoms with van der Waals surface area (Å²) in [5.41, 5.74) is 14.5. The van der Waals surface area contributed by atoms with Gasteiger partial charge in [-0.3, -0.25) is 0 Å². The lowest BCUT2D eigenvalue weighted by Gasteiger charge is -2.12. The molecule has 0 aliphatic heterocycles. The Balaban J connectivity index is 0.959. The highest BCUT2D eigenvalue weighted by Gasteiger charge is 2.21. The minimum absolute atomic E-state index is 0.658. The van der Waals surface area contributed by atoms with Gasteiger partial charge in [0.1, 0.15) is 0 Å². The van der Waals surface area contributed by atoms with E-state index >= 15 is 0 Å². The van der Waals surface area contributed by atoms with E-state index in [9.17, 15) is 0 Å². The fourth-order valence-corrected chi connectivity index (χ4v) is 11.8. The first-order valence-electron chi connectivity index (χ1n) is 23.6. The topological polar surface area (TPSA) is 48.5 Å². The predicted molar refractivity (Wildman–Crippen MR) is 288 cm³/mol. The van der Waals surface area contributed by atoms with Crippen LogP contribution in [0.2, 0.25) is 0 Å². The lowest BCUT2D eigenvalue weighted by Crippen LogP contribution is -2.20. The molecule has 0 atom stereocenters. The van der Waals surface area contributed by atoms with Crippen LogP contribution in [0.4, 0.5) is 0 Å². The van der Waals surface area contributed by atoms with Crippen molar-refractivity contribution in [3.63, 3.8) is 0 Å². The van der Waals surface area contributed by atoms with E-state index in [0.29, 0.717) is 17.5 Å². The Morgan fingerprint density at radius 3 is 1.54 bits per heavy atom. The molecule has 5 nitrogen and oxygen atoms in total. The van der Waals surface area contributed by atoms with E-state index in [-0.39, 0.29) is 0 Å². The zero-order valence-electron chi connectivity index (χ0n) is 37.4. The van der Waals surface area contributed by atoms with Gasteiger partial charge in [-0.15, -0.1) is 11.3 Å². The second-order valence-corrected chi connectivity index (χ2v) is 18.9. The molecule has 0 saturated heterocycles. The number of nitrogens with zero attached hydrogens (tertiary/aromatic N) is 5. The second kappa shape index (κ2) is 16.0. The number of hydrogen-bond donors (Lipinski definition) is 0. The van der Waals surface area contributed by atoms with Crippen LogP contribution in [0.3, 0.4) is 0 Å². The van der Waals surface area contributed by atoms with Gasteiger partial charge in [-0.2, -0.15) is 0 Å². The summed E-state index contributed by atoms with van der Waals surface area (Å²) < 4.78 is 7.36. The molecule has 4 heterocycles. The van der Waals surface area contributed by atoms with Gasteiger partial charge in [0.25, 0.3) is 0 Å². The van der Waals surface area contributed by atoms with Crippen LogP contribution in [0.15, 0.2) is 212 Å². The zero-order chi connectivity index (χ0) is 45.4. The van der Waals surface area contributed by atoms with Crippen LogP contribution >= 0.6 is 11.3 Å². The molecule has 0 saturated carbocycles. The Morgan fingerprint density at radius 1 is 0.333 bits per heavy atom. The van der Waals surface area contributed by atoms with Gasteiger partial charge in [0, 0.05) is 64.2 Å². The van der Waals surface area contributed by atoms with Crippen LogP contribution in [0.5, 0.6) is 0 Å². The van der Waals surface area contributed by atoms with Gasteiger partial charge in [-0.1, -0.05) is 158 Å². The number of rotatable bonds is 7. The standard InChI is InChI=1S/C63H41N5S/c1-5-18-40(19-6-1)61-64-62(41-20-7-2-8-21-41)66-63(65-61)54-36-45(35-53-50-29-14-16-31-59(50)69-60(53)54)43-23-17-22-42(34-43)44-32-33-49-52-38-51-48-28-13-15-30-55(48)67(46-24-9-3-10-25-46)57(51)39-58(52)68(56(49)37-44)47-26-11-4-12-27-47/h1-13,15,17-39H,14,16H2. The van der Waals surface area contributed by atoms with E-state index < -0.39 is 0 Å². The van der Waals surface area contributed by atoms with Crippen molar-refractivity contribution < 1.29 is 0 Å². The lowest BCUT2D eigenvalue weighted by atomic mass is 9.95. The van der Waals surface area contributed by atoms with E-state index in [2.05, 4.69) is 197 Å². The van der Waals surface area contributed by atoms with Gasteiger partial charge in [0.2, 0.25) is 0 Å². The highest BCUT2D eigenvalue weighted by atomic mass is 32.1. The number of fused-ring (bicyclic) bond motifs is 9. The summed E-state index contributed by atoms with van der Waals surface area (Å²) in [6, 6.07) is 76.3. The van der Waals surface area contributed by atoms with E-state index in [0.717, 1.165) is 63.2 Å². The number of benzene rings is 9. The maximum absolute atomic E-state index is 5.25. The fraction of sp³-hybridized carbons (Fsp3) is 0.0317. The molecule has 1 aliphatic rings. The normalized spacial score (nSPS) is 12.5. The van der Waals surface area contributed by atoms with Crippen molar-refractivity contribution in [3.05, 3.63) is 222 Å². The van der Waals surface area contributed by atoms with Crippen molar-refractivity contribution in [1.82, 2.24) is 24.1 Å². The maximum atomic E-state index is 5.25. The van der Waals surface area contributed by atoms with E-state index in [1.54, 1.807) is 0 Å². The maximum Gasteiger partial charge on any atom is 0.165 e. The molecular formula is C63H41N5S. The van der Waals surface area contributed by atoms with Crippen LogP contribution < -0.4 is 9.75 Å². The molecule has 0 unspecified atom stereocenters. The summed E-state index contributed by atoms with van der Waals surface area (Å²) in [6.07, 6.45) is 6.87. The summed E-state index contributed by atoms with van der Waals surface area (Å²) in [5, 5.41) is 7.49. The van der Waals surface area contributed by atoms with Gasteiger partial charge < -0.3 is 9.13 Å². The highest BCUT2D eigenvalue weighted by molar-refractivity contribution is 7.17. The van der Waals surface area contributed by atoms with Crippen molar-refractivity contribution in [1.29, 1.82) is 0 Å². The molecule has 4 aromatic heterocycles. The molecule has 0 fully saturated rings. The molecule has 324 valence electrons. The zero-order valence-corrected chi connectivity index (χ0v) is 38.2. The molecule has 13 aromatic rings. The van der Waals surface area contributed by atoms with Crippen molar-refractivity contribution >= 4 is 77.2 Å². The summed E-state index contributed by atoms with van der Waals surface area (Å²) in [6.45, 7) is 0. The van der Waals surface area contributed by atoms with Crippen molar-refractivity contribution in [3.8, 4) is 67.8 Å². The van der Waals surface area contributed by atoms with Crippen molar-refractivity contribution in [2.24, 2.45) is 0 Å². The summed E-state index contributed by atoms with van der Waals surface area (Å²) >= 11 is 1.84. The smallest absolute Gasteiger partial charge is 0.165 e. The number of aromatic nitrogens is 5. The van der Waals surface area contributed by atoms with Crippen LogP contribution in [-0.4, -0.2) is 24.1 Å². The van der Waals surface area contributed by atoms with E-state index in [1.807, 2.05) is 47.7 Å². The Hall–Kier alpha value is -8.71. The molecule has 0 amide bonds. The Bertz CT molecular complexity index is 4230. The van der Waals surface area contributed by atoms with Gasteiger partial charge in [-0.05, 0) is 107 Å². The van der Waals surface area contributed by atoms with E-state index in [1.165, 1.54) is 63.4 Å². The molecule has 6 heteroatoms. The van der Waals surface area contributed by atoms with Gasteiger partial charge in [-0.25, -0.2) is 15.0 Å². The molecule has 0 bridgehead atoms. The third-order valence-electron chi connectivity index (χ3n) is 13.8. The van der Waals surface area contributed by atoms with Crippen LogP contribution in [0.25, 0.3) is 134 Å². The Morgan fingerprint density at radius 2 is 0.855 bits per heavy atom. The quantitative estimate of drug-likeness (QED) is 0.160. The Labute approximate surface area is 401 Å². The van der Waals surface area contributed by atoms with E-state index in [4.69, 9.17) is 15.0 Å². The molecular weight excluding hydrogens is 859 g/mol. The van der Waals surface area contributed by atoms with Gasteiger partial charge >= 0.3 is 0 Å². The van der Waals surface area contributed by atoms with Crippen molar-refractivity contribution in [2.75, 3.05) is 0 Å². The molecule has 14 rings (SSSR count). The third-order valence-corrected chi connectivity index (χ3v) is 15.0. The minimum atomic E-state index is 0.658. The number of thiophene rings is 1. The molecule has 9 aromatic carbocycles. The summed E-state index contributed by atoms with van der Waals surface area (Å²) in [4.78, 5) is 15.5. The summed E-state index contributed by atoms with van der Waals surface area (Å²) in [5.74, 6) is 1.99. The monoisotopic (exact) mass is 899 g/mol. The SMILES string of the molecule is C1=c2sc3c(-c4nc(-c5ccccc5)nc(-c5ccccc5)n4)cc(-c4cccc(-c5ccc6c7cc8c9ccccc9n(-c9ccccc9)c8cc7n(-c7ccccc7)c6c5)c4)cc3c2=CCC1. The van der Waals surface area contributed by atoms with Gasteiger partial charge in [0.05, 0.1) is 22.1 Å². The predicted octanol–water partition coefficient (Wildman–Crippen LogP) is 15.0. The first-order chi connectivity index (χ1) is 34.2. The largest absolute Gasteiger partial charge is 0.309 e. The fourth-order valence-electron chi connectivity index (χ4n) is 10.5. The number of hydrogen-bond acceptors (Lipinski definition) is 4. The summed E-state index contributed by atoms with van der Waals surface area (Å²) in [7, 11) is 0. The third kappa shape index (κ3) is 6.56. The molecule has 0 radical (unpaired) electrons. The minimum Gasteiger partial charge on any atom is -0.309 e. The van der Waals surface area contributed by atoms with Crippen molar-refractivity contribution in [2.45, 2.75) is 12.8 Å². The second-order valence-electron chi connectivity index (χ2n) is 17.9. The average Bonchev–Trinajstić information content (AvgIpc) is 4.08. The average molecular weight is 900 g/mol. The first-order valence-corrected chi connectivity index (χ1v) is 24.4. The number of para-hydroxylation sites is 3. The molecule has 0 N–H and O–H groups in total. The van der Waals surface area contributed by atoms with Crippen LogP contribution in [0.1, 0.15) is 12.8 Å². The Kier molecular flexibility index (Phi) is 9.14. The highest BCUT2D eigenvalue weighted by Crippen LogP contribution is 2.42. The first kappa shape index (κ1) is 39.5. The lowest BCUT2D eigenvalue weighted by molar-refractivity contribution is 1.08. The molecule has 69 heavy (non-hydrogen) atoms. The van der Waals surface area contributed by atoms with Gasteiger partial charge in [0.15, 0.2) is 17.5 Å².